The Labute approximate surface area is 129 Å². The molecule has 1 N–H and O–H groups in total. The van der Waals surface area contributed by atoms with E-state index in [1.807, 2.05) is 11.8 Å². The van der Waals surface area contributed by atoms with Crippen LogP contribution >= 0.6 is 11.8 Å². The van der Waals surface area contributed by atoms with E-state index < -0.39 is 10.0 Å². The van der Waals surface area contributed by atoms with E-state index in [9.17, 15) is 8.42 Å². The fraction of sp³-hybridized carbons (Fsp3) is 1.00. The molecule has 2 unspecified atom stereocenters. The number of piperidine rings is 1. The molecule has 120 valence electrons. The Balaban J connectivity index is 2.50. The zero-order chi connectivity index (χ0) is 15.2. The lowest BCUT2D eigenvalue weighted by Gasteiger charge is -2.33. The number of nitrogens with one attached hydrogen (secondary N) is 1. The van der Waals surface area contributed by atoms with Gasteiger partial charge in [0.05, 0.1) is 6.26 Å². The average Bonchev–Trinajstić information content (AvgIpc) is 2.35. The molecule has 1 heterocycles. The van der Waals surface area contributed by atoms with Crippen LogP contribution in [0.3, 0.4) is 0 Å². The molecule has 0 aliphatic carbocycles. The van der Waals surface area contributed by atoms with Crippen LogP contribution in [-0.2, 0) is 10.0 Å². The molecule has 6 heteroatoms. The van der Waals surface area contributed by atoms with E-state index in [0.29, 0.717) is 30.3 Å². The Morgan fingerprint density at radius 2 is 2.10 bits per heavy atom. The van der Waals surface area contributed by atoms with Crippen molar-refractivity contribution in [3.05, 3.63) is 0 Å². The predicted octanol–water partition coefficient (Wildman–Crippen LogP) is 2.17. The minimum Gasteiger partial charge on any atom is -0.313 e. The van der Waals surface area contributed by atoms with Crippen molar-refractivity contribution in [1.29, 1.82) is 0 Å². The van der Waals surface area contributed by atoms with Gasteiger partial charge in [-0.1, -0.05) is 20.8 Å². The highest BCUT2D eigenvalue weighted by atomic mass is 32.2. The molecule has 0 aromatic rings. The first-order chi connectivity index (χ1) is 9.32. The Morgan fingerprint density at radius 3 is 2.65 bits per heavy atom. The molecule has 1 fully saturated rings. The molecule has 20 heavy (non-hydrogen) atoms. The maximum absolute atomic E-state index is 11.7. The molecule has 0 radical (unpaired) electrons. The third-order valence-corrected chi connectivity index (χ3v) is 6.22. The largest absolute Gasteiger partial charge is 0.313 e. The summed E-state index contributed by atoms with van der Waals surface area (Å²) in [5, 5.41) is 4.20. The SMILES string of the molecule is CCNC(CSC(C)C)CC1CCCN(S(C)(=O)=O)C1. The van der Waals surface area contributed by atoms with Gasteiger partial charge < -0.3 is 5.32 Å². The van der Waals surface area contributed by atoms with Crippen molar-refractivity contribution in [2.45, 2.75) is 51.3 Å². The Hall–Kier alpha value is 0.220. The van der Waals surface area contributed by atoms with Crippen LogP contribution in [0.2, 0.25) is 0 Å². The van der Waals surface area contributed by atoms with Gasteiger partial charge in [-0.05, 0) is 37.0 Å². The van der Waals surface area contributed by atoms with Gasteiger partial charge in [-0.25, -0.2) is 12.7 Å². The molecule has 4 nitrogen and oxygen atoms in total. The lowest BCUT2D eigenvalue weighted by Crippen LogP contribution is -2.42. The Morgan fingerprint density at radius 1 is 1.40 bits per heavy atom. The first-order valence-corrected chi connectivity index (χ1v) is 10.5. The minimum atomic E-state index is -3.02. The molecule has 1 aliphatic heterocycles. The number of hydrogen-bond acceptors (Lipinski definition) is 4. The van der Waals surface area contributed by atoms with Gasteiger partial charge in [0.1, 0.15) is 0 Å². The van der Waals surface area contributed by atoms with E-state index in [-0.39, 0.29) is 0 Å². The smallest absolute Gasteiger partial charge is 0.211 e. The molecule has 0 saturated carbocycles. The lowest BCUT2D eigenvalue weighted by atomic mass is 9.93. The Bertz CT molecular complexity index is 371. The van der Waals surface area contributed by atoms with E-state index in [1.54, 1.807) is 4.31 Å². The third kappa shape index (κ3) is 6.78. The molecule has 0 aromatic carbocycles. The monoisotopic (exact) mass is 322 g/mol. The van der Waals surface area contributed by atoms with Gasteiger partial charge in [0, 0.05) is 24.9 Å². The summed E-state index contributed by atoms with van der Waals surface area (Å²) in [4.78, 5) is 0. The van der Waals surface area contributed by atoms with Crippen molar-refractivity contribution in [2.24, 2.45) is 5.92 Å². The van der Waals surface area contributed by atoms with Gasteiger partial charge >= 0.3 is 0 Å². The second-order valence-electron chi connectivity index (χ2n) is 6.00. The highest BCUT2D eigenvalue weighted by Gasteiger charge is 2.27. The summed E-state index contributed by atoms with van der Waals surface area (Å²) in [6.07, 6.45) is 4.56. The summed E-state index contributed by atoms with van der Waals surface area (Å²) in [7, 11) is -3.02. The summed E-state index contributed by atoms with van der Waals surface area (Å²) in [6.45, 7) is 8.96. The normalized spacial score (nSPS) is 23.1. The van der Waals surface area contributed by atoms with Crippen molar-refractivity contribution >= 4 is 21.8 Å². The van der Waals surface area contributed by atoms with Gasteiger partial charge in [0.25, 0.3) is 0 Å². The third-order valence-electron chi connectivity index (χ3n) is 3.69. The molecule has 0 spiro atoms. The van der Waals surface area contributed by atoms with Crippen LogP contribution in [0.5, 0.6) is 0 Å². The highest BCUT2D eigenvalue weighted by Crippen LogP contribution is 2.24. The lowest BCUT2D eigenvalue weighted by molar-refractivity contribution is 0.242. The van der Waals surface area contributed by atoms with Crippen LogP contribution in [0.1, 0.15) is 40.0 Å². The number of sulfonamides is 1. The highest BCUT2D eigenvalue weighted by molar-refractivity contribution is 7.99. The van der Waals surface area contributed by atoms with Gasteiger partial charge in [0.2, 0.25) is 10.0 Å². The topological polar surface area (TPSA) is 49.4 Å². The number of hydrogen-bond donors (Lipinski definition) is 1. The van der Waals surface area contributed by atoms with Crippen molar-refractivity contribution in [2.75, 3.05) is 31.6 Å². The molecular formula is C14H30N2O2S2. The molecule has 0 amide bonds. The van der Waals surface area contributed by atoms with Gasteiger partial charge in [-0.2, -0.15) is 11.8 Å². The van der Waals surface area contributed by atoms with E-state index in [0.717, 1.165) is 31.6 Å². The average molecular weight is 323 g/mol. The molecule has 1 saturated heterocycles. The van der Waals surface area contributed by atoms with Gasteiger partial charge in [0.15, 0.2) is 0 Å². The van der Waals surface area contributed by atoms with Crippen LogP contribution < -0.4 is 5.32 Å². The second kappa shape index (κ2) is 8.61. The molecule has 0 bridgehead atoms. The molecule has 0 aromatic heterocycles. The summed E-state index contributed by atoms with van der Waals surface area (Å²) in [5.41, 5.74) is 0. The summed E-state index contributed by atoms with van der Waals surface area (Å²) in [5.74, 6) is 1.61. The predicted molar refractivity (Wildman–Crippen MR) is 88.8 cm³/mol. The number of rotatable bonds is 8. The van der Waals surface area contributed by atoms with Crippen LogP contribution in [0.15, 0.2) is 0 Å². The Kier molecular flexibility index (Phi) is 7.87. The van der Waals surface area contributed by atoms with E-state index >= 15 is 0 Å². The fourth-order valence-electron chi connectivity index (χ4n) is 2.73. The van der Waals surface area contributed by atoms with E-state index in [2.05, 4.69) is 26.1 Å². The second-order valence-corrected chi connectivity index (χ2v) is 9.59. The molecule has 1 aliphatic rings. The van der Waals surface area contributed by atoms with Gasteiger partial charge in [-0.15, -0.1) is 0 Å². The first-order valence-electron chi connectivity index (χ1n) is 7.63. The first kappa shape index (κ1) is 18.3. The molecule has 2 atom stereocenters. The maximum Gasteiger partial charge on any atom is 0.211 e. The summed E-state index contributed by atoms with van der Waals surface area (Å²) < 4.78 is 25.0. The summed E-state index contributed by atoms with van der Waals surface area (Å²) >= 11 is 1.98. The van der Waals surface area contributed by atoms with Gasteiger partial charge in [-0.3, -0.25) is 0 Å². The van der Waals surface area contributed by atoms with Crippen molar-refractivity contribution in [3.63, 3.8) is 0 Å². The quantitative estimate of drug-likeness (QED) is 0.744. The van der Waals surface area contributed by atoms with Crippen LogP contribution in [0, 0.1) is 5.92 Å². The summed E-state index contributed by atoms with van der Waals surface area (Å²) in [6, 6.07) is 0.497. The number of thioether (sulfide) groups is 1. The van der Waals surface area contributed by atoms with Crippen molar-refractivity contribution in [3.8, 4) is 0 Å². The standard InChI is InChI=1S/C14H30N2O2S2/c1-5-15-14(11-19-12(2)3)9-13-7-6-8-16(10-13)20(4,17)18/h12-15H,5-11H2,1-4H3. The molecular weight excluding hydrogens is 292 g/mol. The van der Waals surface area contributed by atoms with Crippen LogP contribution in [0.25, 0.3) is 0 Å². The molecule has 1 rings (SSSR count). The maximum atomic E-state index is 11.7. The van der Waals surface area contributed by atoms with Crippen LogP contribution in [0.4, 0.5) is 0 Å². The van der Waals surface area contributed by atoms with Crippen molar-refractivity contribution < 1.29 is 8.42 Å². The van der Waals surface area contributed by atoms with Crippen LogP contribution in [-0.4, -0.2) is 55.7 Å². The zero-order valence-electron chi connectivity index (χ0n) is 13.3. The van der Waals surface area contributed by atoms with E-state index in [4.69, 9.17) is 0 Å². The minimum absolute atomic E-state index is 0.496. The zero-order valence-corrected chi connectivity index (χ0v) is 14.9. The van der Waals surface area contributed by atoms with Crippen molar-refractivity contribution in [1.82, 2.24) is 9.62 Å². The van der Waals surface area contributed by atoms with E-state index in [1.165, 1.54) is 6.26 Å². The fourth-order valence-corrected chi connectivity index (χ4v) is 4.54. The number of nitrogens with zero attached hydrogens (tertiary/aromatic N) is 1.